The van der Waals surface area contributed by atoms with Crippen LogP contribution >= 0.6 is 0 Å². The quantitative estimate of drug-likeness (QED) is 0.494. The number of aliphatic hydroxyl groups is 1. The average molecular weight is 393 g/mol. The van der Waals surface area contributed by atoms with E-state index in [4.69, 9.17) is 4.99 Å². The van der Waals surface area contributed by atoms with Gasteiger partial charge < -0.3 is 5.11 Å². The van der Waals surface area contributed by atoms with E-state index >= 15 is 0 Å². The number of ketones is 1. The van der Waals surface area contributed by atoms with Crippen molar-refractivity contribution in [1.82, 2.24) is 4.98 Å². The van der Waals surface area contributed by atoms with E-state index in [1.165, 1.54) is 0 Å². The summed E-state index contributed by atoms with van der Waals surface area (Å²) < 4.78 is 0. The Kier molecular flexibility index (Phi) is 7.26. The highest BCUT2D eigenvalue weighted by molar-refractivity contribution is 6.03. The molecule has 0 fully saturated rings. The van der Waals surface area contributed by atoms with Gasteiger partial charge in [0.2, 0.25) is 0 Å². The highest BCUT2D eigenvalue weighted by Gasteiger charge is 2.18. The van der Waals surface area contributed by atoms with Crippen LogP contribution in [0, 0.1) is 5.92 Å². The van der Waals surface area contributed by atoms with Crippen LogP contribution in [0.2, 0.25) is 0 Å². The molecule has 1 aromatic carbocycles. The topological polar surface area (TPSA) is 62.6 Å². The van der Waals surface area contributed by atoms with Crippen molar-refractivity contribution in [3.8, 4) is 0 Å². The van der Waals surface area contributed by atoms with E-state index in [1.54, 1.807) is 27.0 Å². The van der Waals surface area contributed by atoms with Crippen molar-refractivity contribution >= 4 is 17.2 Å². The predicted molar refractivity (Wildman–Crippen MR) is 120 cm³/mol. The molecule has 0 saturated carbocycles. The number of carbonyl (C=O) groups excluding carboxylic acids is 1. The number of carbonyl (C=O) groups is 1. The molecule has 0 saturated heterocycles. The summed E-state index contributed by atoms with van der Waals surface area (Å²) in [5.41, 5.74) is 5.16. The van der Waals surface area contributed by atoms with Gasteiger partial charge in [0, 0.05) is 22.9 Å². The fourth-order valence-electron chi connectivity index (χ4n) is 3.20. The largest absolute Gasteiger partial charge is 0.386 e. The summed E-state index contributed by atoms with van der Waals surface area (Å²) in [4.78, 5) is 21.4. The summed E-state index contributed by atoms with van der Waals surface area (Å²) in [6.07, 6.45) is 4.48. The molecule has 154 valence electrons. The maximum absolute atomic E-state index is 11.9. The van der Waals surface area contributed by atoms with Crippen molar-refractivity contribution in [3.63, 3.8) is 0 Å². The first-order chi connectivity index (χ1) is 13.6. The number of benzene rings is 1. The molecule has 2 aromatic rings. The SMILES string of the molecule is C/C=C(\N=C(c1ccc(C(C)(C)O)cn1)C(C)C)c1ccc(C(C)=O)c(CC)c1. The molecule has 0 aliphatic carbocycles. The number of pyridine rings is 1. The van der Waals surface area contributed by atoms with Gasteiger partial charge >= 0.3 is 0 Å². The number of Topliss-reactive ketones (excluding diaryl/α,β-unsaturated/α-hetero) is 1. The third kappa shape index (κ3) is 5.48. The molecule has 0 spiro atoms. The normalized spacial score (nSPS) is 13.1. The second-order valence-electron chi connectivity index (χ2n) is 8.10. The fourth-order valence-corrected chi connectivity index (χ4v) is 3.20. The first-order valence-corrected chi connectivity index (χ1v) is 10.2. The van der Waals surface area contributed by atoms with Crippen LogP contribution in [0.25, 0.3) is 5.70 Å². The lowest BCUT2D eigenvalue weighted by molar-refractivity contribution is 0.0782. The standard InChI is InChI=1S/C25H32N2O2/c1-8-18-14-19(10-12-21(18)17(5)28)22(9-2)27-24(16(3)4)23-13-11-20(15-26-23)25(6,7)29/h9-16,29H,8H2,1-7H3/b22-9-,27-24?. The van der Waals surface area contributed by atoms with Crippen molar-refractivity contribution in [2.45, 2.75) is 60.5 Å². The number of aliphatic imine (C=N–C) groups is 1. The Morgan fingerprint density at radius 2 is 1.93 bits per heavy atom. The van der Waals surface area contributed by atoms with Crippen LogP contribution in [0.1, 0.15) is 81.2 Å². The first-order valence-electron chi connectivity index (χ1n) is 10.2. The minimum Gasteiger partial charge on any atom is -0.386 e. The molecular formula is C25H32N2O2. The monoisotopic (exact) mass is 392 g/mol. The Morgan fingerprint density at radius 1 is 1.24 bits per heavy atom. The van der Waals surface area contributed by atoms with Gasteiger partial charge in [-0.3, -0.25) is 14.8 Å². The van der Waals surface area contributed by atoms with Crippen molar-refractivity contribution in [2.24, 2.45) is 10.9 Å². The number of hydrogen-bond acceptors (Lipinski definition) is 4. The summed E-state index contributed by atoms with van der Waals surface area (Å²) in [6.45, 7) is 13.3. The van der Waals surface area contributed by atoms with Gasteiger partial charge in [-0.15, -0.1) is 0 Å². The predicted octanol–water partition coefficient (Wildman–Crippen LogP) is 5.58. The summed E-state index contributed by atoms with van der Waals surface area (Å²) in [7, 11) is 0. The third-order valence-electron chi connectivity index (χ3n) is 4.95. The molecule has 4 nitrogen and oxygen atoms in total. The zero-order valence-electron chi connectivity index (χ0n) is 18.6. The van der Waals surface area contributed by atoms with E-state index < -0.39 is 5.60 Å². The summed E-state index contributed by atoms with van der Waals surface area (Å²) in [5.74, 6) is 0.255. The molecule has 0 amide bonds. The van der Waals surface area contributed by atoms with Crippen LogP contribution < -0.4 is 0 Å². The van der Waals surface area contributed by atoms with Crippen molar-refractivity contribution in [1.29, 1.82) is 0 Å². The van der Waals surface area contributed by atoms with Gasteiger partial charge in [-0.05, 0) is 57.7 Å². The molecule has 0 aliphatic heterocycles. The Balaban J connectivity index is 2.49. The molecule has 0 atom stereocenters. The molecule has 2 rings (SSSR count). The molecular weight excluding hydrogens is 360 g/mol. The molecule has 0 aliphatic rings. The number of nitrogens with zero attached hydrogens (tertiary/aromatic N) is 2. The lowest BCUT2D eigenvalue weighted by atomic mass is 9.97. The Labute approximate surface area is 174 Å². The number of allylic oxidation sites excluding steroid dienone is 1. The number of aryl methyl sites for hydroxylation is 1. The van der Waals surface area contributed by atoms with E-state index in [2.05, 4.69) is 31.8 Å². The van der Waals surface area contributed by atoms with Crippen LogP contribution in [0.15, 0.2) is 47.6 Å². The molecule has 0 radical (unpaired) electrons. The third-order valence-corrected chi connectivity index (χ3v) is 4.95. The fraction of sp³-hybridized carbons (Fsp3) is 0.400. The molecule has 29 heavy (non-hydrogen) atoms. The van der Waals surface area contributed by atoms with Crippen LogP contribution in [-0.2, 0) is 12.0 Å². The molecule has 1 N–H and O–H groups in total. The minimum absolute atomic E-state index is 0.0814. The van der Waals surface area contributed by atoms with Gasteiger partial charge in [0.15, 0.2) is 5.78 Å². The van der Waals surface area contributed by atoms with Crippen LogP contribution in [0.3, 0.4) is 0 Å². The van der Waals surface area contributed by atoms with Crippen molar-refractivity contribution in [3.05, 3.63) is 70.6 Å². The van der Waals surface area contributed by atoms with Gasteiger partial charge in [0.1, 0.15) is 0 Å². The minimum atomic E-state index is -0.926. The number of rotatable bonds is 7. The van der Waals surface area contributed by atoms with E-state index in [0.717, 1.165) is 45.8 Å². The average Bonchev–Trinajstić information content (AvgIpc) is 2.67. The molecule has 1 aromatic heterocycles. The van der Waals surface area contributed by atoms with E-state index in [-0.39, 0.29) is 11.7 Å². The summed E-state index contributed by atoms with van der Waals surface area (Å²) >= 11 is 0. The molecule has 0 bridgehead atoms. The van der Waals surface area contributed by atoms with Crippen molar-refractivity contribution in [2.75, 3.05) is 0 Å². The maximum Gasteiger partial charge on any atom is 0.160 e. The summed E-state index contributed by atoms with van der Waals surface area (Å²) in [5, 5.41) is 10.2. The van der Waals surface area contributed by atoms with Crippen molar-refractivity contribution < 1.29 is 9.90 Å². The highest BCUT2D eigenvalue weighted by Crippen LogP contribution is 2.24. The Bertz CT molecular complexity index is 930. The zero-order chi connectivity index (χ0) is 21.8. The van der Waals surface area contributed by atoms with Gasteiger partial charge in [-0.2, -0.15) is 0 Å². The molecule has 0 unspecified atom stereocenters. The second kappa shape index (κ2) is 9.27. The highest BCUT2D eigenvalue weighted by atomic mass is 16.3. The van der Waals surface area contributed by atoms with Crippen LogP contribution in [0.4, 0.5) is 0 Å². The van der Waals surface area contributed by atoms with Gasteiger partial charge in [0.25, 0.3) is 0 Å². The van der Waals surface area contributed by atoms with E-state index in [9.17, 15) is 9.90 Å². The number of aromatic nitrogens is 1. The van der Waals surface area contributed by atoms with Gasteiger partial charge in [0.05, 0.1) is 22.7 Å². The zero-order valence-corrected chi connectivity index (χ0v) is 18.6. The van der Waals surface area contributed by atoms with Gasteiger partial charge in [-0.1, -0.05) is 45.0 Å². The Morgan fingerprint density at radius 3 is 2.38 bits per heavy atom. The van der Waals surface area contributed by atoms with Crippen LogP contribution in [0.5, 0.6) is 0 Å². The van der Waals surface area contributed by atoms with Crippen LogP contribution in [-0.4, -0.2) is 21.6 Å². The van der Waals surface area contributed by atoms with E-state index in [0.29, 0.717) is 0 Å². The summed E-state index contributed by atoms with van der Waals surface area (Å²) in [6, 6.07) is 9.71. The smallest absolute Gasteiger partial charge is 0.160 e. The maximum atomic E-state index is 11.9. The second-order valence-corrected chi connectivity index (χ2v) is 8.10. The Hall–Kier alpha value is -2.59. The van der Waals surface area contributed by atoms with Gasteiger partial charge in [-0.25, -0.2) is 0 Å². The lowest BCUT2D eigenvalue weighted by Crippen LogP contribution is -2.17. The number of hydrogen-bond donors (Lipinski definition) is 1. The first kappa shape index (κ1) is 22.7. The van der Waals surface area contributed by atoms with E-state index in [1.807, 2.05) is 37.3 Å². The lowest BCUT2D eigenvalue weighted by Gasteiger charge is -2.18. The molecule has 1 heterocycles. The molecule has 4 heteroatoms.